The number of methoxy groups -OCH3 is 3. The number of benzene rings is 4. The van der Waals surface area contributed by atoms with Crippen LogP contribution in [-0.2, 0) is 11.3 Å². The second-order valence-corrected chi connectivity index (χ2v) is 11.8. The number of hydrazone groups is 1. The maximum Gasteiger partial charge on any atom is 0.255 e. The molecule has 250 valence electrons. The summed E-state index contributed by atoms with van der Waals surface area (Å²) >= 11 is 1.18. The van der Waals surface area contributed by atoms with Gasteiger partial charge in [-0.2, -0.15) is 5.10 Å². The van der Waals surface area contributed by atoms with Gasteiger partial charge in [-0.25, -0.2) is 9.40 Å². The second-order valence-electron chi connectivity index (χ2n) is 10.9. The summed E-state index contributed by atoms with van der Waals surface area (Å²) in [5.74, 6) is 1.12. The van der Waals surface area contributed by atoms with Gasteiger partial charge in [0.25, 0.3) is 11.8 Å². The fourth-order valence-electron chi connectivity index (χ4n) is 5.49. The van der Waals surface area contributed by atoms with E-state index in [1.807, 2.05) is 42.5 Å². The number of nitrogens with zero attached hydrogens (tertiary/aromatic N) is 5. The Balaban J connectivity index is 1.27. The summed E-state index contributed by atoms with van der Waals surface area (Å²) in [5.41, 5.74) is 3.35. The quantitative estimate of drug-likeness (QED) is 0.164. The number of carbonyl (C=O) groups excluding carboxylic acids is 2. The molecule has 2 heterocycles. The molecule has 1 aliphatic heterocycles. The van der Waals surface area contributed by atoms with E-state index in [0.29, 0.717) is 45.9 Å². The van der Waals surface area contributed by atoms with Crippen LogP contribution in [0, 0.1) is 5.82 Å². The van der Waals surface area contributed by atoms with Crippen molar-refractivity contribution in [3.8, 4) is 22.9 Å². The van der Waals surface area contributed by atoms with Crippen LogP contribution in [0.2, 0.25) is 0 Å². The fraction of sp³-hybridized carbons (Fsp3) is 0.194. The molecule has 1 aromatic heterocycles. The van der Waals surface area contributed by atoms with Crippen molar-refractivity contribution in [1.82, 2.24) is 25.1 Å². The summed E-state index contributed by atoms with van der Waals surface area (Å²) in [4.78, 5) is 27.0. The molecule has 0 bridgehead atoms. The highest BCUT2D eigenvalue weighted by Gasteiger charge is 2.33. The Morgan fingerprint density at radius 1 is 0.857 bits per heavy atom. The third-order valence-corrected chi connectivity index (χ3v) is 8.87. The number of hydrogen-bond donors (Lipinski definition) is 1. The molecule has 5 aromatic rings. The average molecular weight is 681 g/mol. The average Bonchev–Trinajstić information content (AvgIpc) is 3.78. The lowest BCUT2D eigenvalue weighted by atomic mass is 9.98. The summed E-state index contributed by atoms with van der Waals surface area (Å²) in [5, 5.41) is 18.3. The van der Waals surface area contributed by atoms with Crippen molar-refractivity contribution in [1.29, 1.82) is 0 Å². The topological polar surface area (TPSA) is 120 Å². The van der Waals surface area contributed by atoms with E-state index in [-0.39, 0.29) is 29.9 Å². The number of carbonyl (C=O) groups is 2. The predicted molar refractivity (Wildman–Crippen MR) is 183 cm³/mol. The van der Waals surface area contributed by atoms with E-state index in [1.165, 1.54) is 36.0 Å². The van der Waals surface area contributed by atoms with Crippen molar-refractivity contribution >= 4 is 29.3 Å². The molecule has 1 atom stereocenters. The zero-order valence-corrected chi connectivity index (χ0v) is 27.8. The first-order valence-corrected chi connectivity index (χ1v) is 16.3. The van der Waals surface area contributed by atoms with Crippen LogP contribution in [0.3, 0.4) is 0 Å². The summed E-state index contributed by atoms with van der Waals surface area (Å²) in [6.07, 6.45) is 0.446. The molecular weight excluding hydrogens is 647 g/mol. The van der Waals surface area contributed by atoms with Crippen LogP contribution in [0.25, 0.3) is 5.69 Å². The zero-order valence-electron chi connectivity index (χ0n) is 27.0. The minimum absolute atomic E-state index is 0.0298. The highest BCUT2D eigenvalue weighted by Crippen LogP contribution is 2.35. The molecule has 0 spiro atoms. The molecule has 2 amide bonds. The van der Waals surface area contributed by atoms with Gasteiger partial charge in [-0.1, -0.05) is 48.2 Å². The first-order chi connectivity index (χ1) is 23.9. The van der Waals surface area contributed by atoms with Gasteiger partial charge in [-0.3, -0.25) is 14.2 Å². The molecule has 0 radical (unpaired) electrons. The molecule has 0 fully saturated rings. The second kappa shape index (κ2) is 15.0. The minimum atomic E-state index is -0.432. The Kier molecular flexibility index (Phi) is 10.2. The number of nitrogens with one attached hydrogen (secondary N) is 1. The van der Waals surface area contributed by atoms with Crippen molar-refractivity contribution in [3.05, 3.63) is 125 Å². The zero-order chi connectivity index (χ0) is 34.3. The molecule has 13 heteroatoms. The van der Waals surface area contributed by atoms with Crippen LogP contribution in [-0.4, -0.2) is 64.4 Å². The SMILES string of the molecule is COc1ccc(C2=NN(C(=O)CSc3nnc(CNC(=O)c4ccccc4OC)n3-c3ccccc3OC)[C@@H](c3ccc(F)cc3)C2)cc1. The molecule has 0 saturated heterocycles. The molecule has 0 saturated carbocycles. The fourth-order valence-corrected chi connectivity index (χ4v) is 6.30. The number of amides is 2. The maximum atomic E-state index is 13.9. The molecule has 0 aliphatic carbocycles. The van der Waals surface area contributed by atoms with Gasteiger partial charge in [0.05, 0.1) is 56.6 Å². The van der Waals surface area contributed by atoms with E-state index in [4.69, 9.17) is 19.3 Å². The molecule has 1 N–H and O–H groups in total. The van der Waals surface area contributed by atoms with Gasteiger partial charge in [-0.15, -0.1) is 10.2 Å². The maximum absolute atomic E-state index is 13.9. The highest BCUT2D eigenvalue weighted by atomic mass is 32.2. The summed E-state index contributed by atoms with van der Waals surface area (Å²) in [6, 6.07) is 27.4. The van der Waals surface area contributed by atoms with Crippen molar-refractivity contribution in [2.24, 2.45) is 5.10 Å². The van der Waals surface area contributed by atoms with Gasteiger partial charge < -0.3 is 19.5 Å². The Bertz CT molecular complexity index is 1980. The Hall–Kier alpha value is -5.69. The van der Waals surface area contributed by atoms with Crippen LogP contribution in [0.4, 0.5) is 4.39 Å². The first-order valence-electron chi connectivity index (χ1n) is 15.3. The Morgan fingerprint density at radius 2 is 1.55 bits per heavy atom. The largest absolute Gasteiger partial charge is 0.497 e. The third kappa shape index (κ3) is 7.26. The smallest absolute Gasteiger partial charge is 0.255 e. The Labute approximate surface area is 286 Å². The van der Waals surface area contributed by atoms with Gasteiger partial charge in [0.1, 0.15) is 23.1 Å². The lowest BCUT2D eigenvalue weighted by molar-refractivity contribution is -0.130. The summed E-state index contributed by atoms with van der Waals surface area (Å²) in [7, 11) is 4.66. The standard InChI is InChI=1S/C36H33FN6O5S/c1-46-26-18-14-23(15-19-26)28-20-30(24-12-16-25(37)17-13-24)43(41-28)34(44)22-49-36-40-39-33(42(36)29-9-5-7-11-32(29)48-3)21-38-35(45)27-8-4-6-10-31(27)47-2/h4-19,30H,20-22H2,1-3H3,(H,38,45)/t30-/m1/s1. The van der Waals surface area contributed by atoms with Gasteiger partial charge in [0, 0.05) is 6.42 Å². The third-order valence-electron chi connectivity index (χ3n) is 7.95. The van der Waals surface area contributed by atoms with Crippen molar-refractivity contribution in [2.75, 3.05) is 27.1 Å². The normalized spacial score (nSPS) is 13.9. The number of para-hydroxylation sites is 3. The number of ether oxygens (including phenoxy) is 3. The van der Waals surface area contributed by atoms with Crippen molar-refractivity contribution in [3.63, 3.8) is 0 Å². The van der Waals surface area contributed by atoms with Gasteiger partial charge in [0.15, 0.2) is 11.0 Å². The van der Waals surface area contributed by atoms with Gasteiger partial charge >= 0.3 is 0 Å². The number of thioether (sulfide) groups is 1. The Morgan fingerprint density at radius 3 is 2.27 bits per heavy atom. The summed E-state index contributed by atoms with van der Waals surface area (Å²) in [6.45, 7) is 0.0325. The molecule has 4 aromatic carbocycles. The molecule has 49 heavy (non-hydrogen) atoms. The van der Waals surface area contributed by atoms with Crippen LogP contribution in [0.15, 0.2) is 107 Å². The molecular formula is C36H33FN6O5S. The predicted octanol–water partition coefficient (Wildman–Crippen LogP) is 5.83. The van der Waals surface area contributed by atoms with E-state index in [0.717, 1.165) is 16.8 Å². The number of aromatic nitrogens is 3. The summed E-state index contributed by atoms with van der Waals surface area (Å²) < 4.78 is 31.9. The highest BCUT2D eigenvalue weighted by molar-refractivity contribution is 7.99. The molecule has 6 rings (SSSR count). The van der Waals surface area contributed by atoms with Gasteiger partial charge in [0.2, 0.25) is 0 Å². The first kappa shape index (κ1) is 33.2. The number of halogens is 1. The minimum Gasteiger partial charge on any atom is -0.497 e. The van der Waals surface area contributed by atoms with E-state index in [1.54, 1.807) is 61.3 Å². The lowest BCUT2D eigenvalue weighted by Gasteiger charge is -2.22. The van der Waals surface area contributed by atoms with E-state index >= 15 is 0 Å². The van der Waals surface area contributed by atoms with Crippen LogP contribution in [0.1, 0.15) is 39.8 Å². The monoisotopic (exact) mass is 680 g/mol. The van der Waals surface area contributed by atoms with E-state index in [2.05, 4.69) is 15.5 Å². The number of rotatable bonds is 12. The van der Waals surface area contributed by atoms with Crippen molar-refractivity contribution < 1.29 is 28.2 Å². The van der Waals surface area contributed by atoms with E-state index in [9.17, 15) is 14.0 Å². The van der Waals surface area contributed by atoms with Gasteiger partial charge in [-0.05, 0) is 71.8 Å². The van der Waals surface area contributed by atoms with Crippen LogP contribution in [0.5, 0.6) is 17.2 Å². The van der Waals surface area contributed by atoms with Crippen molar-refractivity contribution in [2.45, 2.75) is 24.2 Å². The van der Waals surface area contributed by atoms with Crippen LogP contribution < -0.4 is 19.5 Å². The number of hydrogen-bond acceptors (Lipinski definition) is 9. The molecule has 11 nitrogen and oxygen atoms in total. The molecule has 0 unspecified atom stereocenters. The molecule has 1 aliphatic rings. The van der Waals surface area contributed by atoms with Crippen LogP contribution >= 0.6 is 11.8 Å². The van der Waals surface area contributed by atoms with E-state index < -0.39 is 6.04 Å². The lowest BCUT2D eigenvalue weighted by Crippen LogP contribution is -2.28.